The number of methoxy groups -OCH3 is 1. The lowest BCUT2D eigenvalue weighted by Crippen LogP contribution is -2.31. The molecule has 0 spiro atoms. The van der Waals surface area contributed by atoms with Gasteiger partial charge in [0.1, 0.15) is 23.6 Å². The summed E-state index contributed by atoms with van der Waals surface area (Å²) in [5, 5.41) is 12.4. The molecule has 1 aliphatic carbocycles. The van der Waals surface area contributed by atoms with Crippen LogP contribution >= 0.6 is 0 Å². The summed E-state index contributed by atoms with van der Waals surface area (Å²) < 4.78 is 11.5. The molecular formula is C26H20O3. The third-order valence-electron chi connectivity index (χ3n) is 6.33. The second kappa shape index (κ2) is 5.93. The van der Waals surface area contributed by atoms with Crippen LogP contribution < -0.4 is 4.74 Å². The Labute approximate surface area is 169 Å². The minimum absolute atomic E-state index is 0.0672. The van der Waals surface area contributed by atoms with E-state index >= 15 is 0 Å². The molecule has 6 rings (SSSR count). The molecule has 0 aromatic heterocycles. The van der Waals surface area contributed by atoms with Crippen LogP contribution in [0.5, 0.6) is 5.75 Å². The van der Waals surface area contributed by atoms with Crippen molar-refractivity contribution in [3.05, 3.63) is 113 Å². The lowest BCUT2D eigenvalue weighted by atomic mass is 9.77. The van der Waals surface area contributed by atoms with Gasteiger partial charge in [-0.2, -0.15) is 0 Å². The van der Waals surface area contributed by atoms with E-state index in [4.69, 9.17) is 9.47 Å². The zero-order valence-corrected chi connectivity index (χ0v) is 16.0. The topological polar surface area (TPSA) is 38.7 Å². The van der Waals surface area contributed by atoms with Crippen molar-refractivity contribution >= 4 is 11.1 Å². The molecule has 1 unspecified atom stereocenters. The van der Waals surface area contributed by atoms with Crippen LogP contribution in [0.2, 0.25) is 0 Å². The van der Waals surface area contributed by atoms with Crippen LogP contribution in [0.1, 0.15) is 27.8 Å². The fourth-order valence-electron chi connectivity index (χ4n) is 5.04. The Morgan fingerprint density at radius 3 is 1.79 bits per heavy atom. The standard InChI is InChI=1S/C26H20O3/c1-28-17-12-10-16(11-13-17)26(27)20-8-4-2-6-18(20)24-22-14-15-23(29-22)25(24)19-7-3-5-9-21(19)26/h2-15,22-23,27H,1H3/t22-,23+,26?. The molecule has 1 N–H and O–H groups in total. The first kappa shape index (κ1) is 16.8. The third-order valence-corrected chi connectivity index (χ3v) is 6.33. The maximum absolute atomic E-state index is 12.4. The van der Waals surface area contributed by atoms with Gasteiger partial charge in [-0.05, 0) is 40.0 Å². The molecule has 2 bridgehead atoms. The van der Waals surface area contributed by atoms with Crippen molar-refractivity contribution in [1.82, 2.24) is 0 Å². The fourth-order valence-corrected chi connectivity index (χ4v) is 5.04. The van der Waals surface area contributed by atoms with E-state index < -0.39 is 5.60 Å². The van der Waals surface area contributed by atoms with Crippen molar-refractivity contribution in [2.45, 2.75) is 17.8 Å². The van der Waals surface area contributed by atoms with Gasteiger partial charge < -0.3 is 14.6 Å². The number of benzene rings is 3. The van der Waals surface area contributed by atoms with E-state index in [1.54, 1.807) is 7.11 Å². The zero-order chi connectivity index (χ0) is 19.6. The molecule has 0 saturated heterocycles. The van der Waals surface area contributed by atoms with Gasteiger partial charge in [-0.25, -0.2) is 0 Å². The second-order valence-electron chi connectivity index (χ2n) is 7.72. The zero-order valence-electron chi connectivity index (χ0n) is 16.0. The van der Waals surface area contributed by atoms with E-state index in [-0.39, 0.29) is 12.2 Å². The molecule has 0 amide bonds. The van der Waals surface area contributed by atoms with Crippen LogP contribution in [-0.4, -0.2) is 24.4 Å². The minimum atomic E-state index is -1.27. The molecule has 3 aliphatic rings. The van der Waals surface area contributed by atoms with Crippen LogP contribution in [0.3, 0.4) is 0 Å². The number of hydrogen-bond acceptors (Lipinski definition) is 3. The molecule has 0 radical (unpaired) electrons. The molecule has 3 atom stereocenters. The van der Waals surface area contributed by atoms with E-state index in [0.29, 0.717) is 0 Å². The SMILES string of the molecule is COc1ccc(C2(O)c3ccccc3C3=C(c4ccccc42)[C@H]2C=C[C@@H]3O2)cc1. The molecule has 3 nitrogen and oxygen atoms in total. The number of aliphatic hydroxyl groups is 1. The fraction of sp³-hybridized carbons (Fsp3) is 0.154. The predicted octanol–water partition coefficient (Wildman–Crippen LogP) is 4.54. The third kappa shape index (κ3) is 2.14. The first-order valence-corrected chi connectivity index (χ1v) is 9.86. The summed E-state index contributed by atoms with van der Waals surface area (Å²) >= 11 is 0. The Bertz CT molecular complexity index is 1120. The monoisotopic (exact) mass is 380 g/mol. The van der Waals surface area contributed by atoms with Crippen molar-refractivity contribution in [2.24, 2.45) is 0 Å². The average Bonchev–Trinajstić information content (AvgIpc) is 3.38. The van der Waals surface area contributed by atoms with E-state index in [2.05, 4.69) is 24.3 Å². The van der Waals surface area contributed by atoms with Gasteiger partial charge in [-0.15, -0.1) is 0 Å². The molecular weight excluding hydrogens is 360 g/mol. The van der Waals surface area contributed by atoms with Gasteiger partial charge in [0.05, 0.1) is 7.11 Å². The Morgan fingerprint density at radius 1 is 0.759 bits per heavy atom. The van der Waals surface area contributed by atoms with E-state index in [1.165, 1.54) is 11.1 Å². The van der Waals surface area contributed by atoms with E-state index in [0.717, 1.165) is 33.6 Å². The highest BCUT2D eigenvalue weighted by Crippen LogP contribution is 2.54. The lowest BCUT2D eigenvalue weighted by Gasteiger charge is -2.32. The second-order valence-corrected chi connectivity index (χ2v) is 7.72. The molecule has 0 fully saturated rings. The smallest absolute Gasteiger partial charge is 0.141 e. The summed E-state index contributed by atoms with van der Waals surface area (Å²) in [4.78, 5) is 0. The van der Waals surface area contributed by atoms with Crippen molar-refractivity contribution < 1.29 is 14.6 Å². The molecule has 3 aromatic carbocycles. The van der Waals surface area contributed by atoms with Gasteiger partial charge in [-0.3, -0.25) is 0 Å². The Kier molecular flexibility index (Phi) is 3.43. The molecule has 0 saturated carbocycles. The van der Waals surface area contributed by atoms with Crippen molar-refractivity contribution in [3.8, 4) is 5.75 Å². The van der Waals surface area contributed by atoms with Crippen molar-refractivity contribution in [3.63, 3.8) is 0 Å². The normalized spacial score (nSPS) is 26.0. The van der Waals surface area contributed by atoms with Crippen LogP contribution in [-0.2, 0) is 10.3 Å². The Hall–Kier alpha value is -3.14. The Balaban J connectivity index is 1.71. The molecule has 142 valence electrons. The van der Waals surface area contributed by atoms with Gasteiger partial charge in [0.2, 0.25) is 0 Å². The van der Waals surface area contributed by atoms with Gasteiger partial charge in [0.25, 0.3) is 0 Å². The van der Waals surface area contributed by atoms with Crippen molar-refractivity contribution in [2.75, 3.05) is 7.11 Å². The molecule has 3 aromatic rings. The molecule has 2 aliphatic heterocycles. The highest BCUT2D eigenvalue weighted by Gasteiger charge is 2.47. The quantitative estimate of drug-likeness (QED) is 0.664. The maximum Gasteiger partial charge on any atom is 0.141 e. The average molecular weight is 380 g/mol. The number of rotatable bonds is 2. The summed E-state index contributed by atoms with van der Waals surface area (Å²) in [6, 6.07) is 24.0. The van der Waals surface area contributed by atoms with Crippen LogP contribution in [0, 0.1) is 0 Å². The lowest BCUT2D eigenvalue weighted by molar-refractivity contribution is 0.122. The van der Waals surface area contributed by atoms with E-state index in [1.807, 2.05) is 60.7 Å². The molecule has 29 heavy (non-hydrogen) atoms. The number of fused-ring (bicyclic) bond motifs is 8. The van der Waals surface area contributed by atoms with Crippen molar-refractivity contribution in [1.29, 1.82) is 0 Å². The number of hydrogen-bond donors (Lipinski definition) is 1. The first-order chi connectivity index (χ1) is 14.2. The summed E-state index contributed by atoms with van der Waals surface area (Å²) in [6.45, 7) is 0. The maximum atomic E-state index is 12.4. The highest BCUT2D eigenvalue weighted by molar-refractivity contribution is 6.02. The summed E-state index contributed by atoms with van der Waals surface area (Å²) in [7, 11) is 1.65. The Morgan fingerprint density at radius 2 is 1.28 bits per heavy atom. The van der Waals surface area contributed by atoms with Gasteiger partial charge in [0.15, 0.2) is 0 Å². The molecule has 2 heterocycles. The van der Waals surface area contributed by atoms with Gasteiger partial charge >= 0.3 is 0 Å². The minimum Gasteiger partial charge on any atom is -0.497 e. The largest absolute Gasteiger partial charge is 0.497 e. The summed E-state index contributed by atoms with van der Waals surface area (Å²) in [5.41, 5.74) is 5.75. The summed E-state index contributed by atoms with van der Waals surface area (Å²) in [5.74, 6) is 0.767. The van der Waals surface area contributed by atoms with Gasteiger partial charge in [0, 0.05) is 11.1 Å². The highest BCUT2D eigenvalue weighted by atomic mass is 16.5. The summed E-state index contributed by atoms with van der Waals surface area (Å²) in [6.07, 6.45) is 4.12. The van der Waals surface area contributed by atoms with Crippen LogP contribution in [0.4, 0.5) is 0 Å². The first-order valence-electron chi connectivity index (χ1n) is 9.86. The number of ether oxygens (including phenoxy) is 2. The van der Waals surface area contributed by atoms with E-state index in [9.17, 15) is 5.11 Å². The predicted molar refractivity (Wildman–Crippen MR) is 113 cm³/mol. The van der Waals surface area contributed by atoms with Crippen LogP contribution in [0.25, 0.3) is 11.1 Å². The van der Waals surface area contributed by atoms with Gasteiger partial charge in [-0.1, -0.05) is 72.8 Å². The molecule has 3 heteroatoms. The van der Waals surface area contributed by atoms with Crippen LogP contribution in [0.15, 0.2) is 84.9 Å².